The lowest BCUT2D eigenvalue weighted by atomic mass is 10.1. The molecule has 3 aromatic rings. The van der Waals surface area contributed by atoms with Gasteiger partial charge in [-0.15, -0.1) is 0 Å². The van der Waals surface area contributed by atoms with Gasteiger partial charge >= 0.3 is 0 Å². The van der Waals surface area contributed by atoms with Gasteiger partial charge in [0.2, 0.25) is 5.91 Å². The molecule has 146 valence electrons. The zero-order valence-corrected chi connectivity index (χ0v) is 17.4. The smallest absolute Gasteiger partial charge is 0.220 e. The summed E-state index contributed by atoms with van der Waals surface area (Å²) in [7, 11) is 3.20. The van der Waals surface area contributed by atoms with E-state index in [9.17, 15) is 4.79 Å². The predicted molar refractivity (Wildman–Crippen MR) is 112 cm³/mol. The molecule has 5 nitrogen and oxygen atoms in total. The van der Waals surface area contributed by atoms with E-state index in [0.717, 1.165) is 27.1 Å². The van der Waals surface area contributed by atoms with Crippen molar-refractivity contribution in [3.8, 4) is 22.8 Å². The molecule has 1 aromatic heterocycles. The number of hydrogen-bond acceptors (Lipinski definition) is 4. The van der Waals surface area contributed by atoms with Gasteiger partial charge < -0.3 is 19.2 Å². The van der Waals surface area contributed by atoms with Crippen molar-refractivity contribution in [3.05, 3.63) is 70.4 Å². The van der Waals surface area contributed by atoms with Gasteiger partial charge in [-0.05, 0) is 48.4 Å². The summed E-state index contributed by atoms with van der Waals surface area (Å²) < 4.78 is 17.4. The molecule has 0 fully saturated rings. The molecule has 0 radical (unpaired) electrons. The van der Waals surface area contributed by atoms with Crippen LogP contribution in [0.4, 0.5) is 0 Å². The van der Waals surface area contributed by atoms with Gasteiger partial charge in [0, 0.05) is 16.5 Å². The van der Waals surface area contributed by atoms with Gasteiger partial charge in [0.05, 0.1) is 20.8 Å². The van der Waals surface area contributed by atoms with Crippen molar-refractivity contribution in [2.75, 3.05) is 14.2 Å². The third-order valence-corrected chi connectivity index (χ3v) is 4.87. The van der Waals surface area contributed by atoms with Crippen LogP contribution in [0.25, 0.3) is 11.3 Å². The second kappa shape index (κ2) is 9.46. The lowest BCUT2D eigenvalue weighted by Gasteiger charge is -2.09. The Morgan fingerprint density at radius 1 is 1.00 bits per heavy atom. The van der Waals surface area contributed by atoms with Crippen molar-refractivity contribution in [1.82, 2.24) is 5.32 Å². The topological polar surface area (TPSA) is 60.7 Å². The Kier molecular flexibility index (Phi) is 6.76. The molecule has 1 heterocycles. The van der Waals surface area contributed by atoms with Crippen LogP contribution in [0.5, 0.6) is 11.5 Å². The fraction of sp³-hybridized carbons (Fsp3) is 0.227. The van der Waals surface area contributed by atoms with Crippen molar-refractivity contribution in [2.24, 2.45) is 0 Å². The average Bonchev–Trinajstić information content (AvgIpc) is 3.20. The van der Waals surface area contributed by atoms with E-state index in [1.54, 1.807) is 14.2 Å². The molecule has 1 amide bonds. The number of amides is 1. The quantitative estimate of drug-likeness (QED) is 0.533. The van der Waals surface area contributed by atoms with Crippen molar-refractivity contribution in [3.63, 3.8) is 0 Å². The molecule has 0 bridgehead atoms. The number of halogens is 1. The Labute approximate surface area is 172 Å². The highest BCUT2D eigenvalue weighted by atomic mass is 79.9. The zero-order chi connectivity index (χ0) is 19.9. The average molecular weight is 444 g/mol. The number of rotatable bonds is 8. The van der Waals surface area contributed by atoms with Crippen molar-refractivity contribution < 1.29 is 18.7 Å². The molecule has 0 spiro atoms. The number of hydrogen-bond donors (Lipinski definition) is 1. The molecule has 2 aromatic carbocycles. The molecule has 0 saturated carbocycles. The van der Waals surface area contributed by atoms with E-state index in [0.29, 0.717) is 30.9 Å². The maximum Gasteiger partial charge on any atom is 0.220 e. The molecule has 0 saturated heterocycles. The number of carbonyl (C=O) groups excluding carboxylic acids is 1. The second-order valence-electron chi connectivity index (χ2n) is 6.24. The zero-order valence-electron chi connectivity index (χ0n) is 15.8. The van der Waals surface area contributed by atoms with Crippen LogP contribution in [0.3, 0.4) is 0 Å². The summed E-state index contributed by atoms with van der Waals surface area (Å²) >= 11 is 3.42. The van der Waals surface area contributed by atoms with Crippen LogP contribution < -0.4 is 14.8 Å². The number of carbonyl (C=O) groups is 1. The summed E-state index contributed by atoms with van der Waals surface area (Å²) in [6.45, 7) is 0.362. The lowest BCUT2D eigenvalue weighted by Crippen LogP contribution is -2.22. The monoisotopic (exact) mass is 443 g/mol. The number of methoxy groups -OCH3 is 2. The van der Waals surface area contributed by atoms with Gasteiger partial charge in [-0.1, -0.05) is 34.1 Å². The minimum Gasteiger partial charge on any atom is -0.493 e. The third-order valence-electron chi connectivity index (χ3n) is 4.34. The van der Waals surface area contributed by atoms with Gasteiger partial charge in [-0.3, -0.25) is 4.79 Å². The third kappa shape index (κ3) is 5.16. The predicted octanol–water partition coefficient (Wildman–Crippen LogP) is 4.98. The Balaban J connectivity index is 1.50. The van der Waals surface area contributed by atoms with E-state index in [4.69, 9.17) is 13.9 Å². The van der Waals surface area contributed by atoms with E-state index in [1.165, 1.54) is 0 Å². The Bertz CT molecular complexity index is 934. The molecular formula is C22H22BrNO4. The van der Waals surface area contributed by atoms with E-state index in [1.807, 2.05) is 54.6 Å². The van der Waals surface area contributed by atoms with Gasteiger partial charge in [-0.2, -0.15) is 0 Å². The minimum absolute atomic E-state index is 0.0311. The largest absolute Gasteiger partial charge is 0.493 e. The van der Waals surface area contributed by atoms with Crippen LogP contribution in [-0.4, -0.2) is 20.1 Å². The molecule has 6 heteroatoms. The number of benzene rings is 2. The highest BCUT2D eigenvalue weighted by Gasteiger charge is 2.09. The van der Waals surface area contributed by atoms with Gasteiger partial charge in [0.1, 0.15) is 11.5 Å². The van der Waals surface area contributed by atoms with E-state index in [-0.39, 0.29) is 5.91 Å². The van der Waals surface area contributed by atoms with Gasteiger partial charge in [0.15, 0.2) is 11.5 Å². The fourth-order valence-electron chi connectivity index (χ4n) is 2.81. The van der Waals surface area contributed by atoms with Crippen molar-refractivity contribution in [1.29, 1.82) is 0 Å². The summed E-state index contributed by atoms with van der Waals surface area (Å²) in [6.07, 6.45) is 1.00. The van der Waals surface area contributed by atoms with Crippen LogP contribution in [-0.2, 0) is 17.8 Å². The molecule has 3 rings (SSSR count). The van der Waals surface area contributed by atoms with Gasteiger partial charge in [0.25, 0.3) is 0 Å². The summed E-state index contributed by atoms with van der Waals surface area (Å²) in [5.41, 5.74) is 2.01. The SMILES string of the molecule is COc1ccc(CCC(=O)NCc2ccc(-c3ccc(Br)cc3)o2)cc1OC. The molecule has 0 aliphatic heterocycles. The second-order valence-corrected chi connectivity index (χ2v) is 7.15. The maximum atomic E-state index is 12.2. The first kappa shape index (κ1) is 20.0. The van der Waals surface area contributed by atoms with Crippen molar-refractivity contribution >= 4 is 21.8 Å². The first-order chi connectivity index (χ1) is 13.6. The van der Waals surface area contributed by atoms with Crippen LogP contribution in [0.1, 0.15) is 17.7 Å². The highest BCUT2D eigenvalue weighted by molar-refractivity contribution is 9.10. The summed E-state index contributed by atoms with van der Waals surface area (Å²) in [6, 6.07) is 17.4. The summed E-state index contributed by atoms with van der Waals surface area (Å²) in [4.78, 5) is 12.2. The van der Waals surface area contributed by atoms with Crippen molar-refractivity contribution in [2.45, 2.75) is 19.4 Å². The number of aryl methyl sites for hydroxylation is 1. The Hall–Kier alpha value is -2.73. The van der Waals surface area contributed by atoms with Crippen LogP contribution in [0.15, 0.2) is 63.5 Å². The molecule has 0 aliphatic carbocycles. The van der Waals surface area contributed by atoms with Crippen LogP contribution in [0, 0.1) is 0 Å². The first-order valence-electron chi connectivity index (χ1n) is 8.91. The summed E-state index contributed by atoms with van der Waals surface area (Å²) in [5.74, 6) is 2.81. The van der Waals surface area contributed by atoms with Gasteiger partial charge in [-0.25, -0.2) is 0 Å². The number of furan rings is 1. The van der Waals surface area contributed by atoms with E-state index in [2.05, 4.69) is 21.2 Å². The molecule has 1 N–H and O–H groups in total. The highest BCUT2D eigenvalue weighted by Crippen LogP contribution is 2.28. The lowest BCUT2D eigenvalue weighted by molar-refractivity contribution is -0.121. The molecule has 0 aliphatic rings. The summed E-state index contributed by atoms with van der Waals surface area (Å²) in [5, 5.41) is 2.90. The standard InChI is InChI=1S/C22H22BrNO4/c1-26-20-10-3-15(13-21(20)27-2)4-12-22(25)24-14-18-9-11-19(28-18)16-5-7-17(23)8-6-16/h3,5-11,13H,4,12,14H2,1-2H3,(H,24,25). The Morgan fingerprint density at radius 2 is 1.75 bits per heavy atom. The number of ether oxygens (including phenoxy) is 2. The van der Waals surface area contributed by atoms with E-state index < -0.39 is 0 Å². The molecule has 0 unspecified atom stereocenters. The molecule has 0 atom stereocenters. The van der Waals surface area contributed by atoms with Crippen LogP contribution >= 0.6 is 15.9 Å². The normalized spacial score (nSPS) is 10.5. The number of nitrogens with one attached hydrogen (secondary N) is 1. The minimum atomic E-state index is -0.0311. The first-order valence-corrected chi connectivity index (χ1v) is 9.70. The molecular weight excluding hydrogens is 422 g/mol. The Morgan fingerprint density at radius 3 is 2.46 bits per heavy atom. The van der Waals surface area contributed by atoms with E-state index >= 15 is 0 Å². The maximum absolute atomic E-state index is 12.2. The van der Waals surface area contributed by atoms with Crippen LogP contribution in [0.2, 0.25) is 0 Å². The molecule has 28 heavy (non-hydrogen) atoms. The fourth-order valence-corrected chi connectivity index (χ4v) is 3.07.